The van der Waals surface area contributed by atoms with Crippen LogP contribution in [0.1, 0.15) is 24.5 Å². The van der Waals surface area contributed by atoms with Gasteiger partial charge in [-0.15, -0.1) is 0 Å². The molecule has 0 aromatic heterocycles. The van der Waals surface area contributed by atoms with Gasteiger partial charge in [-0.3, -0.25) is 0 Å². The van der Waals surface area contributed by atoms with E-state index in [4.69, 9.17) is 9.47 Å². The molecule has 2 unspecified atom stereocenters. The van der Waals surface area contributed by atoms with Gasteiger partial charge in [0.15, 0.2) is 0 Å². The zero-order valence-electron chi connectivity index (χ0n) is 12.2. The molecule has 19 heavy (non-hydrogen) atoms. The maximum atomic E-state index is 6.08. The molecule has 0 amide bonds. The molecule has 3 nitrogen and oxygen atoms in total. The first kappa shape index (κ1) is 14.4. The molecule has 1 heterocycles. The van der Waals surface area contributed by atoms with Crippen molar-refractivity contribution in [2.24, 2.45) is 5.92 Å². The molecular weight excluding hydrogens is 238 g/mol. The van der Waals surface area contributed by atoms with Crippen molar-refractivity contribution in [3.63, 3.8) is 0 Å². The van der Waals surface area contributed by atoms with Crippen LogP contribution in [-0.4, -0.2) is 32.4 Å². The minimum absolute atomic E-state index is 0.381. The van der Waals surface area contributed by atoms with E-state index in [0.29, 0.717) is 18.6 Å². The van der Waals surface area contributed by atoms with Crippen molar-refractivity contribution < 1.29 is 9.47 Å². The summed E-state index contributed by atoms with van der Waals surface area (Å²) in [5, 5.41) is 3.53. The first-order valence-electron chi connectivity index (χ1n) is 7.22. The number of aryl methyl sites for hydroxylation is 2. The standard InChI is InChI=1S/C16H25NO2/c1-4-17-15(14-8-9-18-10-14)11-19-16-12(2)6-5-7-13(16)3/h5-7,14-15,17H,4,8-11H2,1-3H3. The quantitative estimate of drug-likeness (QED) is 0.856. The van der Waals surface area contributed by atoms with Crippen LogP contribution in [0.15, 0.2) is 18.2 Å². The molecule has 0 saturated carbocycles. The Morgan fingerprint density at radius 2 is 2.11 bits per heavy atom. The summed E-state index contributed by atoms with van der Waals surface area (Å²) in [5.74, 6) is 1.61. The molecule has 1 aliphatic rings. The predicted molar refractivity (Wildman–Crippen MR) is 77.8 cm³/mol. The van der Waals surface area contributed by atoms with Crippen LogP contribution in [0.4, 0.5) is 0 Å². The van der Waals surface area contributed by atoms with Gasteiger partial charge in [0.05, 0.1) is 6.61 Å². The number of ether oxygens (including phenoxy) is 2. The fourth-order valence-corrected chi connectivity index (χ4v) is 2.69. The molecule has 1 fully saturated rings. The number of hydrogen-bond acceptors (Lipinski definition) is 3. The molecule has 1 aromatic rings. The van der Waals surface area contributed by atoms with E-state index in [0.717, 1.165) is 31.9 Å². The van der Waals surface area contributed by atoms with Crippen LogP contribution < -0.4 is 10.1 Å². The monoisotopic (exact) mass is 263 g/mol. The Kier molecular flexibility index (Phi) is 5.23. The molecule has 1 N–H and O–H groups in total. The van der Waals surface area contributed by atoms with E-state index < -0.39 is 0 Å². The van der Waals surface area contributed by atoms with E-state index >= 15 is 0 Å². The highest BCUT2D eigenvalue weighted by Crippen LogP contribution is 2.24. The summed E-state index contributed by atoms with van der Waals surface area (Å²) in [7, 11) is 0. The summed E-state index contributed by atoms with van der Waals surface area (Å²) in [6.45, 7) is 9.77. The minimum atomic E-state index is 0.381. The SMILES string of the molecule is CCNC(COc1c(C)cccc1C)C1CCOC1. The Balaban J connectivity index is 1.98. The van der Waals surface area contributed by atoms with E-state index in [1.165, 1.54) is 11.1 Å². The second-order valence-corrected chi connectivity index (χ2v) is 5.32. The molecule has 3 heteroatoms. The molecule has 0 spiro atoms. The van der Waals surface area contributed by atoms with Crippen LogP contribution in [0.25, 0.3) is 0 Å². The van der Waals surface area contributed by atoms with Crippen molar-refractivity contribution in [3.05, 3.63) is 29.3 Å². The number of para-hydroxylation sites is 1. The maximum Gasteiger partial charge on any atom is 0.125 e. The second-order valence-electron chi connectivity index (χ2n) is 5.32. The third-order valence-electron chi connectivity index (χ3n) is 3.82. The van der Waals surface area contributed by atoms with E-state index in [9.17, 15) is 0 Å². The van der Waals surface area contributed by atoms with E-state index in [2.05, 4.69) is 44.3 Å². The average Bonchev–Trinajstić information content (AvgIpc) is 2.90. The Morgan fingerprint density at radius 1 is 1.37 bits per heavy atom. The maximum absolute atomic E-state index is 6.08. The van der Waals surface area contributed by atoms with Gasteiger partial charge in [-0.1, -0.05) is 25.1 Å². The van der Waals surface area contributed by atoms with Crippen molar-refractivity contribution in [2.45, 2.75) is 33.2 Å². The number of hydrogen-bond donors (Lipinski definition) is 1. The second kappa shape index (κ2) is 6.92. The summed E-state index contributed by atoms with van der Waals surface area (Å²) in [5.41, 5.74) is 2.41. The molecule has 1 saturated heterocycles. The first-order chi connectivity index (χ1) is 9.22. The number of likely N-dealkylation sites (N-methyl/N-ethyl adjacent to an activating group) is 1. The molecular formula is C16H25NO2. The van der Waals surface area contributed by atoms with Gasteiger partial charge >= 0.3 is 0 Å². The summed E-state index contributed by atoms with van der Waals surface area (Å²) in [6, 6.07) is 6.66. The molecule has 2 atom stereocenters. The van der Waals surface area contributed by atoms with Crippen LogP contribution in [-0.2, 0) is 4.74 Å². The highest BCUT2D eigenvalue weighted by molar-refractivity contribution is 5.39. The lowest BCUT2D eigenvalue weighted by Gasteiger charge is -2.24. The van der Waals surface area contributed by atoms with Gasteiger partial charge in [0.25, 0.3) is 0 Å². The lowest BCUT2D eigenvalue weighted by Crippen LogP contribution is -2.41. The van der Waals surface area contributed by atoms with Crippen LogP contribution in [0, 0.1) is 19.8 Å². The molecule has 2 rings (SSSR count). The van der Waals surface area contributed by atoms with E-state index in [1.54, 1.807) is 0 Å². The lowest BCUT2D eigenvalue weighted by molar-refractivity contribution is 0.160. The Morgan fingerprint density at radius 3 is 2.68 bits per heavy atom. The van der Waals surface area contributed by atoms with Gasteiger partial charge < -0.3 is 14.8 Å². The highest BCUT2D eigenvalue weighted by atomic mass is 16.5. The van der Waals surface area contributed by atoms with Gasteiger partial charge in [0.2, 0.25) is 0 Å². The highest BCUT2D eigenvalue weighted by Gasteiger charge is 2.25. The normalized spacial score (nSPS) is 20.5. The van der Waals surface area contributed by atoms with Gasteiger partial charge in [-0.05, 0) is 37.9 Å². The topological polar surface area (TPSA) is 30.5 Å². The number of rotatable bonds is 6. The van der Waals surface area contributed by atoms with Crippen molar-refractivity contribution in [3.8, 4) is 5.75 Å². The minimum Gasteiger partial charge on any atom is -0.491 e. The first-order valence-corrected chi connectivity index (χ1v) is 7.22. The average molecular weight is 263 g/mol. The van der Waals surface area contributed by atoms with Crippen LogP contribution >= 0.6 is 0 Å². The molecule has 106 valence electrons. The smallest absolute Gasteiger partial charge is 0.125 e. The van der Waals surface area contributed by atoms with Crippen molar-refractivity contribution in [1.82, 2.24) is 5.32 Å². The Hall–Kier alpha value is -1.06. The molecule has 0 bridgehead atoms. The third kappa shape index (κ3) is 3.71. The number of nitrogens with one attached hydrogen (secondary N) is 1. The van der Waals surface area contributed by atoms with Gasteiger partial charge in [0, 0.05) is 18.6 Å². The van der Waals surface area contributed by atoms with Crippen molar-refractivity contribution >= 4 is 0 Å². The van der Waals surface area contributed by atoms with Crippen LogP contribution in [0.2, 0.25) is 0 Å². The summed E-state index contributed by atoms with van der Waals surface area (Å²) < 4.78 is 11.6. The lowest BCUT2D eigenvalue weighted by atomic mass is 9.99. The fraction of sp³-hybridized carbons (Fsp3) is 0.625. The van der Waals surface area contributed by atoms with E-state index in [1.807, 2.05) is 0 Å². The summed E-state index contributed by atoms with van der Waals surface area (Å²) in [6.07, 6.45) is 1.13. The van der Waals surface area contributed by atoms with Crippen LogP contribution in [0.3, 0.4) is 0 Å². The van der Waals surface area contributed by atoms with Gasteiger partial charge in [-0.25, -0.2) is 0 Å². The molecule has 1 aliphatic heterocycles. The Bertz CT molecular complexity index is 379. The predicted octanol–water partition coefficient (Wildman–Crippen LogP) is 2.70. The molecule has 1 aromatic carbocycles. The summed E-state index contributed by atoms with van der Waals surface area (Å²) >= 11 is 0. The fourth-order valence-electron chi connectivity index (χ4n) is 2.69. The van der Waals surface area contributed by atoms with Gasteiger partial charge in [-0.2, -0.15) is 0 Å². The van der Waals surface area contributed by atoms with Gasteiger partial charge in [0.1, 0.15) is 12.4 Å². The molecule has 0 radical (unpaired) electrons. The Labute approximate surface area is 116 Å². The van der Waals surface area contributed by atoms with Crippen molar-refractivity contribution in [1.29, 1.82) is 0 Å². The number of benzene rings is 1. The van der Waals surface area contributed by atoms with Crippen molar-refractivity contribution in [2.75, 3.05) is 26.4 Å². The van der Waals surface area contributed by atoms with Crippen LogP contribution in [0.5, 0.6) is 5.75 Å². The zero-order valence-corrected chi connectivity index (χ0v) is 12.2. The molecule has 0 aliphatic carbocycles. The largest absolute Gasteiger partial charge is 0.491 e. The van der Waals surface area contributed by atoms with E-state index in [-0.39, 0.29) is 0 Å². The summed E-state index contributed by atoms with van der Waals surface area (Å²) in [4.78, 5) is 0. The third-order valence-corrected chi connectivity index (χ3v) is 3.82. The zero-order chi connectivity index (χ0) is 13.7.